The molecule has 5 heteroatoms. The van der Waals surface area contributed by atoms with Crippen LogP contribution in [0.2, 0.25) is 0 Å². The summed E-state index contributed by atoms with van der Waals surface area (Å²) in [5.41, 5.74) is 1.48. The lowest BCUT2D eigenvalue weighted by Gasteiger charge is -2.31. The van der Waals surface area contributed by atoms with E-state index < -0.39 is 0 Å². The molecular formula is C16H25N3O2. The quantitative estimate of drug-likeness (QED) is 0.875. The molecule has 5 nitrogen and oxygen atoms in total. The second-order valence-corrected chi connectivity index (χ2v) is 5.30. The van der Waals surface area contributed by atoms with E-state index in [4.69, 9.17) is 4.74 Å². The fourth-order valence-corrected chi connectivity index (χ4v) is 2.55. The first-order valence-corrected chi connectivity index (χ1v) is 7.85. The first-order valence-electron chi connectivity index (χ1n) is 7.85. The van der Waals surface area contributed by atoms with Gasteiger partial charge in [-0.1, -0.05) is 6.92 Å². The zero-order valence-electron chi connectivity index (χ0n) is 13.0. The lowest BCUT2D eigenvalue weighted by Crippen LogP contribution is -2.41. The van der Waals surface area contributed by atoms with Crippen molar-refractivity contribution in [3.05, 3.63) is 24.0 Å². The number of carbonyl (C=O) groups is 1. The van der Waals surface area contributed by atoms with Crippen molar-refractivity contribution < 1.29 is 9.53 Å². The zero-order chi connectivity index (χ0) is 15.1. The van der Waals surface area contributed by atoms with Gasteiger partial charge in [-0.15, -0.1) is 0 Å². The van der Waals surface area contributed by atoms with Crippen LogP contribution in [0.4, 0.5) is 5.69 Å². The molecule has 2 heterocycles. The average Bonchev–Trinajstić information content (AvgIpc) is 2.53. The summed E-state index contributed by atoms with van der Waals surface area (Å²) in [7, 11) is 0. The molecule has 116 valence electrons. The van der Waals surface area contributed by atoms with Crippen LogP contribution in [0.3, 0.4) is 0 Å². The van der Waals surface area contributed by atoms with Crippen LogP contribution in [-0.4, -0.2) is 48.1 Å². The Balaban J connectivity index is 1.94. The van der Waals surface area contributed by atoms with Crippen LogP contribution in [0.1, 0.15) is 43.6 Å². The molecule has 1 N–H and O–H groups in total. The largest absolute Gasteiger partial charge is 0.385 e. The van der Waals surface area contributed by atoms with Crippen LogP contribution in [0.5, 0.6) is 0 Å². The number of ether oxygens (including phenoxy) is 1. The monoisotopic (exact) mass is 291 g/mol. The highest BCUT2D eigenvalue weighted by molar-refractivity contribution is 5.93. The Morgan fingerprint density at radius 2 is 2.19 bits per heavy atom. The van der Waals surface area contributed by atoms with Crippen molar-refractivity contribution in [1.29, 1.82) is 0 Å². The smallest absolute Gasteiger partial charge is 0.272 e. The van der Waals surface area contributed by atoms with Crippen molar-refractivity contribution in [3.63, 3.8) is 0 Å². The van der Waals surface area contributed by atoms with E-state index in [-0.39, 0.29) is 5.91 Å². The summed E-state index contributed by atoms with van der Waals surface area (Å²) in [5.74, 6) is 0.0186. The van der Waals surface area contributed by atoms with Crippen LogP contribution in [-0.2, 0) is 4.74 Å². The number of hydrogen-bond donors (Lipinski definition) is 1. The molecule has 0 bridgehead atoms. The Kier molecular flexibility index (Phi) is 5.99. The Labute approximate surface area is 126 Å². The number of aromatic nitrogens is 1. The number of piperidine rings is 1. The van der Waals surface area contributed by atoms with Crippen LogP contribution < -0.4 is 5.32 Å². The Hall–Kier alpha value is -1.62. The van der Waals surface area contributed by atoms with Gasteiger partial charge in [0.25, 0.3) is 5.91 Å². The Bertz CT molecular complexity index is 457. The van der Waals surface area contributed by atoms with Gasteiger partial charge in [0.1, 0.15) is 5.69 Å². The van der Waals surface area contributed by atoms with Gasteiger partial charge in [-0.3, -0.25) is 9.78 Å². The Morgan fingerprint density at radius 1 is 1.43 bits per heavy atom. The molecule has 1 aromatic rings. The van der Waals surface area contributed by atoms with Crippen molar-refractivity contribution in [3.8, 4) is 0 Å². The van der Waals surface area contributed by atoms with E-state index >= 15 is 0 Å². The maximum Gasteiger partial charge on any atom is 0.272 e. The lowest BCUT2D eigenvalue weighted by molar-refractivity contribution is 0.0144. The minimum absolute atomic E-state index is 0.0186. The van der Waals surface area contributed by atoms with Gasteiger partial charge in [0.05, 0.1) is 6.10 Å². The van der Waals surface area contributed by atoms with Crippen molar-refractivity contribution in [2.45, 2.75) is 39.2 Å². The minimum Gasteiger partial charge on any atom is -0.385 e. The number of carbonyl (C=O) groups excluding carboxylic acids is 1. The van der Waals surface area contributed by atoms with Gasteiger partial charge in [0.2, 0.25) is 0 Å². The maximum absolute atomic E-state index is 12.5. The molecule has 0 aliphatic carbocycles. The highest BCUT2D eigenvalue weighted by Gasteiger charge is 2.24. The molecule has 2 rings (SSSR count). The van der Waals surface area contributed by atoms with E-state index in [9.17, 15) is 4.79 Å². The van der Waals surface area contributed by atoms with E-state index in [0.29, 0.717) is 11.8 Å². The number of likely N-dealkylation sites (tertiary alicyclic amines) is 1. The maximum atomic E-state index is 12.5. The molecule has 0 radical (unpaired) electrons. The normalized spacial score (nSPS) is 16.0. The Morgan fingerprint density at radius 3 is 2.86 bits per heavy atom. The van der Waals surface area contributed by atoms with Gasteiger partial charge in [0, 0.05) is 38.1 Å². The molecule has 0 aromatic carbocycles. The number of amides is 1. The topological polar surface area (TPSA) is 54.5 Å². The number of nitrogens with zero attached hydrogens (tertiary/aromatic N) is 2. The average molecular weight is 291 g/mol. The van der Waals surface area contributed by atoms with Crippen molar-refractivity contribution in [2.75, 3.05) is 31.6 Å². The summed E-state index contributed by atoms with van der Waals surface area (Å²) in [6.45, 7) is 7.26. The van der Waals surface area contributed by atoms with E-state index in [1.165, 1.54) is 0 Å². The van der Waals surface area contributed by atoms with E-state index in [1.807, 2.05) is 24.0 Å². The molecule has 0 unspecified atom stereocenters. The molecule has 1 amide bonds. The third kappa shape index (κ3) is 4.43. The number of pyridine rings is 1. The van der Waals surface area contributed by atoms with Crippen LogP contribution >= 0.6 is 0 Å². The van der Waals surface area contributed by atoms with Gasteiger partial charge in [-0.25, -0.2) is 0 Å². The summed E-state index contributed by atoms with van der Waals surface area (Å²) in [5, 5.41) is 3.29. The summed E-state index contributed by atoms with van der Waals surface area (Å²) >= 11 is 0. The summed E-state index contributed by atoms with van der Waals surface area (Å²) < 4.78 is 5.62. The second kappa shape index (κ2) is 7.98. The molecule has 1 saturated heterocycles. The van der Waals surface area contributed by atoms with Gasteiger partial charge >= 0.3 is 0 Å². The van der Waals surface area contributed by atoms with Gasteiger partial charge in [-0.2, -0.15) is 0 Å². The first kappa shape index (κ1) is 15.8. The highest BCUT2D eigenvalue weighted by atomic mass is 16.5. The van der Waals surface area contributed by atoms with Gasteiger partial charge < -0.3 is 15.0 Å². The van der Waals surface area contributed by atoms with Crippen molar-refractivity contribution >= 4 is 11.6 Å². The number of hydrogen-bond acceptors (Lipinski definition) is 4. The predicted molar refractivity (Wildman–Crippen MR) is 83.6 cm³/mol. The fraction of sp³-hybridized carbons (Fsp3) is 0.625. The molecule has 0 spiro atoms. The minimum atomic E-state index is 0.0186. The third-order valence-electron chi connectivity index (χ3n) is 3.69. The molecule has 1 aliphatic rings. The summed E-state index contributed by atoms with van der Waals surface area (Å²) in [4.78, 5) is 18.6. The molecule has 0 saturated carbocycles. The molecular weight excluding hydrogens is 266 g/mol. The van der Waals surface area contributed by atoms with Crippen molar-refractivity contribution in [1.82, 2.24) is 9.88 Å². The lowest BCUT2D eigenvalue weighted by atomic mass is 10.1. The number of rotatable bonds is 6. The molecule has 0 atom stereocenters. The third-order valence-corrected chi connectivity index (χ3v) is 3.69. The van der Waals surface area contributed by atoms with E-state index in [1.54, 1.807) is 6.20 Å². The predicted octanol–water partition coefficient (Wildman–Crippen LogP) is 2.54. The van der Waals surface area contributed by atoms with Crippen LogP contribution in [0.15, 0.2) is 18.3 Å². The molecule has 21 heavy (non-hydrogen) atoms. The first-order chi connectivity index (χ1) is 10.2. The van der Waals surface area contributed by atoms with Gasteiger partial charge in [0.15, 0.2) is 0 Å². The molecule has 1 aliphatic heterocycles. The van der Waals surface area contributed by atoms with Crippen molar-refractivity contribution in [2.24, 2.45) is 0 Å². The van der Waals surface area contributed by atoms with Crippen LogP contribution in [0.25, 0.3) is 0 Å². The fourth-order valence-electron chi connectivity index (χ4n) is 2.55. The van der Waals surface area contributed by atoms with E-state index in [0.717, 1.165) is 51.2 Å². The summed E-state index contributed by atoms with van der Waals surface area (Å²) in [6.07, 6.45) is 4.86. The molecule has 1 fully saturated rings. The second-order valence-electron chi connectivity index (χ2n) is 5.30. The number of anilines is 1. The van der Waals surface area contributed by atoms with Crippen LogP contribution in [0, 0.1) is 0 Å². The van der Waals surface area contributed by atoms with E-state index in [2.05, 4.69) is 17.2 Å². The summed E-state index contributed by atoms with van der Waals surface area (Å²) in [6, 6.07) is 3.74. The zero-order valence-corrected chi connectivity index (χ0v) is 13.0. The van der Waals surface area contributed by atoms with Gasteiger partial charge in [-0.05, 0) is 38.3 Å². The number of nitrogens with one attached hydrogen (secondary N) is 1. The SMILES string of the molecule is CCCNc1ccnc(C(=O)N2CCC(OCC)CC2)c1. The highest BCUT2D eigenvalue weighted by Crippen LogP contribution is 2.17. The standard InChI is InChI=1S/C16H25N3O2/c1-3-8-17-13-5-9-18-15(12-13)16(20)19-10-6-14(7-11-19)21-4-2/h5,9,12,14H,3-4,6-8,10-11H2,1-2H3,(H,17,18). The molecule has 1 aromatic heterocycles.